The van der Waals surface area contributed by atoms with E-state index in [1.807, 2.05) is 38.1 Å². The second-order valence-corrected chi connectivity index (χ2v) is 6.12. The van der Waals surface area contributed by atoms with Crippen molar-refractivity contribution in [3.8, 4) is 22.8 Å². The van der Waals surface area contributed by atoms with E-state index < -0.39 is 5.97 Å². The van der Waals surface area contributed by atoms with Crippen molar-refractivity contribution >= 4 is 16.9 Å². The highest BCUT2D eigenvalue weighted by Crippen LogP contribution is 2.37. The molecule has 130 valence electrons. The molecule has 0 aliphatic rings. The number of carbonyl (C=O) groups is 1. The van der Waals surface area contributed by atoms with Gasteiger partial charge in [-0.1, -0.05) is 6.07 Å². The molecule has 0 saturated heterocycles. The van der Waals surface area contributed by atoms with Crippen molar-refractivity contribution in [3.63, 3.8) is 0 Å². The molecule has 0 amide bonds. The molecule has 2 aromatic carbocycles. The van der Waals surface area contributed by atoms with Crippen LogP contribution in [0.3, 0.4) is 0 Å². The molecule has 0 spiro atoms. The molecule has 0 saturated carbocycles. The minimum absolute atomic E-state index is 0.0480. The molecule has 3 aromatic rings. The number of aromatic nitrogens is 1. The highest BCUT2D eigenvalue weighted by atomic mass is 16.5. The van der Waals surface area contributed by atoms with Gasteiger partial charge in [0.25, 0.3) is 0 Å². The molecule has 2 N–H and O–H groups in total. The van der Waals surface area contributed by atoms with Crippen molar-refractivity contribution in [2.45, 2.75) is 20.3 Å². The first-order chi connectivity index (χ1) is 11.9. The lowest BCUT2D eigenvalue weighted by Crippen LogP contribution is -2.01. The van der Waals surface area contributed by atoms with Crippen molar-refractivity contribution in [3.05, 3.63) is 47.0 Å². The number of benzene rings is 2. The number of hydrogen-bond donors (Lipinski definition) is 2. The molecule has 25 heavy (non-hydrogen) atoms. The average Bonchev–Trinajstić information content (AvgIpc) is 2.91. The third kappa shape index (κ3) is 3.05. The molecule has 0 fully saturated rings. The lowest BCUT2D eigenvalue weighted by molar-refractivity contribution is -0.136. The normalized spacial score (nSPS) is 10.9. The summed E-state index contributed by atoms with van der Waals surface area (Å²) in [7, 11) is 3.17. The van der Waals surface area contributed by atoms with Gasteiger partial charge in [-0.05, 0) is 54.8 Å². The Kier molecular flexibility index (Phi) is 4.40. The van der Waals surface area contributed by atoms with Crippen LogP contribution in [-0.2, 0) is 11.2 Å². The number of carboxylic acids is 1. The number of aliphatic carboxylic acids is 1. The van der Waals surface area contributed by atoms with E-state index in [4.69, 9.17) is 9.47 Å². The van der Waals surface area contributed by atoms with Gasteiger partial charge in [0.2, 0.25) is 0 Å². The first-order valence-corrected chi connectivity index (χ1v) is 8.00. The summed E-state index contributed by atoms with van der Waals surface area (Å²) in [6.45, 7) is 4.03. The smallest absolute Gasteiger partial charge is 0.307 e. The summed E-state index contributed by atoms with van der Waals surface area (Å²) in [5, 5.41) is 10.4. The highest BCUT2D eigenvalue weighted by Gasteiger charge is 2.19. The molecule has 0 atom stereocenters. The fourth-order valence-electron chi connectivity index (χ4n) is 3.37. The first-order valence-electron chi connectivity index (χ1n) is 8.00. The van der Waals surface area contributed by atoms with E-state index >= 15 is 0 Å². The summed E-state index contributed by atoms with van der Waals surface area (Å²) in [4.78, 5) is 14.8. The first kappa shape index (κ1) is 16.9. The molecular weight excluding hydrogens is 318 g/mol. The molecule has 5 heteroatoms. The molecule has 0 unspecified atom stereocenters. The second kappa shape index (κ2) is 6.51. The number of H-pyrrole nitrogens is 1. The van der Waals surface area contributed by atoms with Crippen LogP contribution in [0.4, 0.5) is 0 Å². The van der Waals surface area contributed by atoms with Gasteiger partial charge in [-0.25, -0.2) is 0 Å². The maximum Gasteiger partial charge on any atom is 0.307 e. The number of rotatable bonds is 5. The largest absolute Gasteiger partial charge is 0.493 e. The minimum Gasteiger partial charge on any atom is -0.493 e. The van der Waals surface area contributed by atoms with Crippen molar-refractivity contribution in [2.24, 2.45) is 0 Å². The number of aryl methyl sites for hydroxylation is 2. The zero-order valence-electron chi connectivity index (χ0n) is 14.8. The van der Waals surface area contributed by atoms with Crippen molar-refractivity contribution in [2.75, 3.05) is 14.2 Å². The van der Waals surface area contributed by atoms with E-state index in [9.17, 15) is 9.90 Å². The quantitative estimate of drug-likeness (QED) is 0.734. The van der Waals surface area contributed by atoms with E-state index in [-0.39, 0.29) is 6.42 Å². The van der Waals surface area contributed by atoms with Crippen molar-refractivity contribution in [1.82, 2.24) is 4.98 Å². The Bertz CT molecular complexity index is 956. The molecule has 1 heterocycles. The van der Waals surface area contributed by atoms with Gasteiger partial charge in [0.1, 0.15) is 0 Å². The molecule has 0 bridgehead atoms. The van der Waals surface area contributed by atoms with Gasteiger partial charge in [-0.2, -0.15) is 0 Å². The number of fused-ring (bicyclic) bond motifs is 1. The van der Waals surface area contributed by atoms with Gasteiger partial charge >= 0.3 is 5.97 Å². The van der Waals surface area contributed by atoms with Gasteiger partial charge in [0.05, 0.1) is 26.3 Å². The SMILES string of the molecule is COc1ccc(-c2[nH]c3cc(C)cc(C)c3c2CC(=O)O)cc1OC. The second-order valence-electron chi connectivity index (χ2n) is 6.12. The van der Waals surface area contributed by atoms with Crippen molar-refractivity contribution < 1.29 is 19.4 Å². The number of methoxy groups -OCH3 is 2. The molecular formula is C20H21NO4. The number of aromatic amines is 1. The molecule has 3 rings (SSSR count). The predicted octanol–water partition coefficient (Wildman–Crippen LogP) is 4.10. The third-order valence-corrected chi connectivity index (χ3v) is 4.34. The van der Waals surface area contributed by atoms with Crippen LogP contribution in [0.2, 0.25) is 0 Å². The molecule has 5 nitrogen and oxygen atoms in total. The van der Waals surface area contributed by atoms with Gasteiger partial charge in [0.15, 0.2) is 11.5 Å². The Morgan fingerprint density at radius 3 is 2.44 bits per heavy atom. The van der Waals surface area contributed by atoms with Crippen LogP contribution in [0.1, 0.15) is 16.7 Å². The average molecular weight is 339 g/mol. The topological polar surface area (TPSA) is 71.6 Å². The number of hydrogen-bond acceptors (Lipinski definition) is 3. The zero-order chi connectivity index (χ0) is 18.1. The van der Waals surface area contributed by atoms with Crippen LogP contribution >= 0.6 is 0 Å². The summed E-state index contributed by atoms with van der Waals surface area (Å²) < 4.78 is 10.7. The molecule has 0 radical (unpaired) electrons. The van der Waals surface area contributed by atoms with Crippen molar-refractivity contribution in [1.29, 1.82) is 0 Å². The number of carboxylic acid groups (broad SMARTS) is 1. The Morgan fingerprint density at radius 2 is 1.80 bits per heavy atom. The summed E-state index contributed by atoms with van der Waals surface area (Å²) in [5.74, 6) is 0.379. The Hall–Kier alpha value is -2.95. The van der Waals surface area contributed by atoms with Gasteiger partial charge in [-0.3, -0.25) is 4.79 Å². The lowest BCUT2D eigenvalue weighted by atomic mass is 9.98. The van der Waals surface area contributed by atoms with E-state index in [0.717, 1.165) is 38.9 Å². The standard InChI is InChI=1S/C20H21NO4/c1-11-7-12(2)19-14(10-18(22)23)20(21-15(19)8-11)13-5-6-16(24-3)17(9-13)25-4/h5-9,21H,10H2,1-4H3,(H,22,23). The van der Waals surface area contributed by atoms with Crippen LogP contribution in [0.5, 0.6) is 11.5 Å². The maximum atomic E-state index is 11.4. The predicted molar refractivity (Wildman–Crippen MR) is 97.7 cm³/mol. The molecule has 0 aliphatic heterocycles. The van der Waals surface area contributed by atoms with Gasteiger partial charge in [0, 0.05) is 16.5 Å². The maximum absolute atomic E-state index is 11.4. The van der Waals surface area contributed by atoms with Crippen LogP contribution in [0.15, 0.2) is 30.3 Å². The monoisotopic (exact) mass is 339 g/mol. The van der Waals surface area contributed by atoms with Gasteiger partial charge < -0.3 is 19.6 Å². The summed E-state index contributed by atoms with van der Waals surface area (Å²) in [5.41, 5.74) is 5.58. The summed E-state index contributed by atoms with van der Waals surface area (Å²) in [6.07, 6.45) is -0.0480. The summed E-state index contributed by atoms with van der Waals surface area (Å²) >= 11 is 0. The Labute approximate surface area is 146 Å². The minimum atomic E-state index is -0.859. The fraction of sp³-hybridized carbons (Fsp3) is 0.250. The van der Waals surface area contributed by atoms with Crippen LogP contribution in [0.25, 0.3) is 22.2 Å². The zero-order valence-corrected chi connectivity index (χ0v) is 14.8. The molecule has 1 aromatic heterocycles. The third-order valence-electron chi connectivity index (χ3n) is 4.34. The highest BCUT2D eigenvalue weighted by molar-refractivity contribution is 5.96. The van der Waals surface area contributed by atoms with E-state index in [2.05, 4.69) is 11.1 Å². The fourth-order valence-corrected chi connectivity index (χ4v) is 3.37. The van der Waals surface area contributed by atoms with Crippen LogP contribution < -0.4 is 9.47 Å². The van der Waals surface area contributed by atoms with E-state index in [1.165, 1.54) is 0 Å². The van der Waals surface area contributed by atoms with Crippen LogP contribution in [0, 0.1) is 13.8 Å². The number of nitrogens with one attached hydrogen (secondary N) is 1. The number of ether oxygens (including phenoxy) is 2. The Balaban J connectivity index is 2.28. The molecule has 0 aliphatic carbocycles. The Morgan fingerprint density at radius 1 is 1.08 bits per heavy atom. The van der Waals surface area contributed by atoms with Crippen LogP contribution in [-0.4, -0.2) is 30.3 Å². The summed E-state index contributed by atoms with van der Waals surface area (Å²) in [6, 6.07) is 9.69. The van der Waals surface area contributed by atoms with E-state index in [0.29, 0.717) is 11.5 Å². The van der Waals surface area contributed by atoms with E-state index in [1.54, 1.807) is 14.2 Å². The lowest BCUT2D eigenvalue weighted by Gasteiger charge is -2.10. The van der Waals surface area contributed by atoms with Gasteiger partial charge in [-0.15, -0.1) is 0 Å².